The summed E-state index contributed by atoms with van der Waals surface area (Å²) in [5.74, 6) is 1.84. The van der Waals surface area contributed by atoms with Gasteiger partial charge in [-0.3, -0.25) is 9.98 Å². The van der Waals surface area contributed by atoms with Crippen molar-refractivity contribution in [3.63, 3.8) is 0 Å². The van der Waals surface area contributed by atoms with E-state index < -0.39 is 0 Å². The van der Waals surface area contributed by atoms with Crippen LogP contribution >= 0.6 is 0 Å². The molecular weight excluding hydrogens is 256 g/mol. The molecule has 2 saturated heterocycles. The third-order valence-corrected chi connectivity index (χ3v) is 2.36. The monoisotopic (exact) mass is 284 g/mol. The summed E-state index contributed by atoms with van der Waals surface area (Å²) in [7, 11) is 5.34. The molecule has 0 atom stereocenters. The first-order chi connectivity index (χ1) is 9.78. The third kappa shape index (κ3) is 9.86. The minimum atomic E-state index is 0.917. The van der Waals surface area contributed by atoms with Gasteiger partial charge < -0.3 is 32.3 Å². The van der Waals surface area contributed by atoms with E-state index in [-0.39, 0.29) is 0 Å². The molecule has 0 aromatic heterocycles. The molecule has 2 rings (SSSR count). The van der Waals surface area contributed by atoms with Gasteiger partial charge in [0.05, 0.1) is 0 Å². The standard InChI is InChI=1S/C5H11N3.C4H9N3.C3H8N2/c1-6-5-7-3-2-4-8-5;1-5-4-6-2-3-7-4;1-5-3-2-4/h2-4H2,1H3,(H2,6,7,8);2-3H2,1H3,(H2,5,6,7);2-3,5H,4H2,1H3. The van der Waals surface area contributed by atoms with Gasteiger partial charge in [0.2, 0.25) is 0 Å². The Balaban J connectivity index is 0.000000280. The smallest absolute Gasteiger partial charge is 0.191 e. The number of aliphatic imine (C=N–C) groups is 2. The lowest BCUT2D eigenvalue weighted by Crippen LogP contribution is -2.43. The predicted octanol–water partition coefficient (Wildman–Crippen LogP) is -1.64. The Morgan fingerprint density at radius 3 is 1.65 bits per heavy atom. The van der Waals surface area contributed by atoms with Gasteiger partial charge in [-0.05, 0) is 6.42 Å². The van der Waals surface area contributed by atoms with Gasteiger partial charge in [0.1, 0.15) is 0 Å². The van der Waals surface area contributed by atoms with Crippen molar-refractivity contribution in [3.8, 4) is 0 Å². The van der Waals surface area contributed by atoms with Gasteiger partial charge in [-0.25, -0.2) is 0 Å². The van der Waals surface area contributed by atoms with Crippen LogP contribution in [0.25, 0.3) is 0 Å². The number of rotatable bonds is 1. The molecule has 0 amide bonds. The van der Waals surface area contributed by atoms with E-state index in [1.54, 1.807) is 27.3 Å². The van der Waals surface area contributed by atoms with Crippen LogP contribution in [0.15, 0.2) is 22.4 Å². The van der Waals surface area contributed by atoms with Crippen LogP contribution in [0.2, 0.25) is 0 Å². The van der Waals surface area contributed by atoms with E-state index in [2.05, 4.69) is 36.6 Å². The maximum absolute atomic E-state index is 4.90. The highest BCUT2D eigenvalue weighted by Crippen LogP contribution is 1.80. The van der Waals surface area contributed by atoms with Crippen molar-refractivity contribution in [2.45, 2.75) is 6.42 Å². The minimum absolute atomic E-state index is 0.917. The number of nitrogens with zero attached hydrogens (tertiary/aromatic N) is 2. The summed E-state index contributed by atoms with van der Waals surface area (Å²) in [6.07, 6.45) is 4.29. The first kappa shape index (κ1) is 17.9. The molecule has 8 nitrogen and oxygen atoms in total. The molecule has 2 aliphatic heterocycles. The Morgan fingerprint density at radius 1 is 0.950 bits per heavy atom. The van der Waals surface area contributed by atoms with E-state index in [0.717, 1.165) is 38.1 Å². The summed E-state index contributed by atoms with van der Waals surface area (Å²) in [4.78, 5) is 7.82. The zero-order chi connectivity index (χ0) is 15.1. The molecule has 20 heavy (non-hydrogen) atoms. The van der Waals surface area contributed by atoms with E-state index in [4.69, 9.17) is 5.73 Å². The van der Waals surface area contributed by atoms with Gasteiger partial charge in [0.25, 0.3) is 0 Å². The third-order valence-electron chi connectivity index (χ3n) is 2.36. The Bertz CT molecular complexity index is 295. The second-order valence-corrected chi connectivity index (χ2v) is 3.85. The van der Waals surface area contributed by atoms with Crippen LogP contribution in [0, 0.1) is 0 Å². The summed E-state index contributed by atoms with van der Waals surface area (Å²) < 4.78 is 0. The highest BCUT2D eigenvalue weighted by atomic mass is 15.2. The Kier molecular flexibility index (Phi) is 11.9. The van der Waals surface area contributed by atoms with Gasteiger partial charge in [-0.2, -0.15) is 0 Å². The normalized spacial score (nSPS) is 16.1. The number of nitrogens with one attached hydrogen (secondary N) is 5. The first-order valence-corrected chi connectivity index (χ1v) is 6.71. The lowest BCUT2D eigenvalue weighted by Gasteiger charge is -2.16. The van der Waals surface area contributed by atoms with Crippen LogP contribution in [0.1, 0.15) is 6.42 Å². The van der Waals surface area contributed by atoms with Crippen LogP contribution in [0.4, 0.5) is 0 Å². The van der Waals surface area contributed by atoms with Gasteiger partial charge in [-0.15, -0.1) is 0 Å². The molecule has 7 N–H and O–H groups in total. The summed E-state index contributed by atoms with van der Waals surface area (Å²) in [5.41, 5.74) is 4.90. The molecule has 116 valence electrons. The molecule has 2 aliphatic rings. The predicted molar refractivity (Wildman–Crippen MR) is 85.7 cm³/mol. The Hall–Kier alpha value is -2.12. The summed E-state index contributed by atoms with van der Waals surface area (Å²) in [6.45, 7) is 4.12. The molecule has 8 heteroatoms. The van der Waals surface area contributed by atoms with E-state index in [1.165, 1.54) is 12.6 Å². The quantitative estimate of drug-likeness (QED) is 0.344. The van der Waals surface area contributed by atoms with E-state index in [0.29, 0.717) is 0 Å². The van der Waals surface area contributed by atoms with Gasteiger partial charge in [0.15, 0.2) is 11.9 Å². The zero-order valence-electron chi connectivity index (χ0n) is 12.7. The lowest BCUT2D eigenvalue weighted by atomic mass is 10.4. The van der Waals surface area contributed by atoms with Gasteiger partial charge >= 0.3 is 0 Å². The molecule has 0 radical (unpaired) electrons. The van der Waals surface area contributed by atoms with E-state index >= 15 is 0 Å². The van der Waals surface area contributed by atoms with E-state index in [9.17, 15) is 0 Å². The Labute approximate surface area is 121 Å². The average Bonchev–Trinajstić information content (AvgIpc) is 3.04. The second kappa shape index (κ2) is 13.3. The largest absolute Gasteiger partial charge is 0.403 e. The van der Waals surface area contributed by atoms with Crippen LogP contribution in [-0.2, 0) is 0 Å². The first-order valence-electron chi connectivity index (χ1n) is 6.71. The van der Waals surface area contributed by atoms with Crippen molar-refractivity contribution in [1.82, 2.24) is 26.6 Å². The fourth-order valence-electron chi connectivity index (χ4n) is 1.40. The zero-order valence-corrected chi connectivity index (χ0v) is 12.7. The molecule has 0 aliphatic carbocycles. The van der Waals surface area contributed by atoms with Crippen molar-refractivity contribution >= 4 is 11.9 Å². The molecule has 0 saturated carbocycles. The lowest BCUT2D eigenvalue weighted by molar-refractivity contribution is 0.667. The minimum Gasteiger partial charge on any atom is -0.403 e. The molecule has 0 aromatic carbocycles. The SMILES string of the molecule is CN=C1NCCCN1.CN=C1NCCN1.CNC=CN. The Morgan fingerprint density at radius 2 is 1.40 bits per heavy atom. The molecule has 2 fully saturated rings. The number of nitrogens with two attached hydrogens (primary N) is 1. The van der Waals surface area contributed by atoms with Gasteiger partial charge in [-0.1, -0.05) is 0 Å². The van der Waals surface area contributed by atoms with Crippen molar-refractivity contribution < 1.29 is 0 Å². The fourth-order valence-corrected chi connectivity index (χ4v) is 1.40. The average molecular weight is 284 g/mol. The number of guanidine groups is 2. The van der Waals surface area contributed by atoms with Gasteiger partial charge in [0, 0.05) is 59.7 Å². The van der Waals surface area contributed by atoms with Crippen molar-refractivity contribution in [2.24, 2.45) is 15.7 Å². The second-order valence-electron chi connectivity index (χ2n) is 3.85. The topological polar surface area (TPSA) is 111 Å². The number of hydrogen-bond donors (Lipinski definition) is 6. The molecule has 0 unspecified atom stereocenters. The van der Waals surface area contributed by atoms with Crippen molar-refractivity contribution in [2.75, 3.05) is 47.3 Å². The van der Waals surface area contributed by atoms with Crippen molar-refractivity contribution in [1.29, 1.82) is 0 Å². The molecule has 0 spiro atoms. The summed E-state index contributed by atoms with van der Waals surface area (Å²) in [5, 5.41) is 15.0. The molecular formula is C12H28N8. The molecule has 2 heterocycles. The number of hydrogen-bond acceptors (Lipinski definition) is 4. The summed E-state index contributed by atoms with van der Waals surface area (Å²) >= 11 is 0. The fraction of sp³-hybridized carbons (Fsp3) is 0.667. The van der Waals surface area contributed by atoms with Crippen LogP contribution in [0.5, 0.6) is 0 Å². The molecule has 0 aromatic rings. The highest BCUT2D eigenvalue weighted by Gasteiger charge is 2.01. The molecule has 0 bridgehead atoms. The van der Waals surface area contributed by atoms with Crippen LogP contribution in [-0.4, -0.2) is 59.2 Å². The summed E-state index contributed by atoms with van der Waals surface area (Å²) in [6, 6.07) is 0. The maximum atomic E-state index is 4.90. The van der Waals surface area contributed by atoms with Crippen LogP contribution < -0.4 is 32.3 Å². The van der Waals surface area contributed by atoms with Crippen molar-refractivity contribution in [3.05, 3.63) is 12.4 Å². The highest BCUT2D eigenvalue weighted by molar-refractivity contribution is 5.81. The van der Waals surface area contributed by atoms with Crippen LogP contribution in [0.3, 0.4) is 0 Å². The van der Waals surface area contributed by atoms with E-state index in [1.807, 2.05) is 0 Å². The maximum Gasteiger partial charge on any atom is 0.191 e.